The van der Waals surface area contributed by atoms with Crippen LogP contribution in [0.3, 0.4) is 0 Å². The van der Waals surface area contributed by atoms with Crippen molar-refractivity contribution in [2.24, 2.45) is 0 Å². The molecule has 1 heteroatoms. The summed E-state index contributed by atoms with van der Waals surface area (Å²) in [5.41, 5.74) is 0. The molecule has 0 aliphatic carbocycles. The van der Waals surface area contributed by atoms with Crippen LogP contribution < -0.4 is 0 Å². The summed E-state index contributed by atoms with van der Waals surface area (Å²) < 4.78 is 3.36. The van der Waals surface area contributed by atoms with Crippen molar-refractivity contribution in [1.29, 1.82) is 0 Å². The molecule has 0 atom stereocenters. The fraction of sp³-hybridized carbons (Fsp3) is 1.00. The Hall–Kier alpha value is 1.48. The van der Waals surface area contributed by atoms with Crippen LogP contribution in [-0.4, -0.2) is 41.0 Å². The van der Waals surface area contributed by atoms with Crippen LogP contribution in [0.1, 0.15) is 52.4 Å². The summed E-state index contributed by atoms with van der Waals surface area (Å²) in [4.78, 5) is 0. The standard InChI is InChI=1S/2C5H11.Sr/c2*1-3-5-4-2;/h2*1,3-5H2,2H3;. The Kier molecular flexibility index (Phi) is 13.0. The maximum atomic E-state index is 2.30. The van der Waals surface area contributed by atoms with E-state index in [1.54, 1.807) is 15.6 Å². The number of rotatable bonds is 8. The molecule has 0 unspecified atom stereocenters. The summed E-state index contributed by atoms with van der Waals surface area (Å²) in [5.74, 6) is 0. The molecule has 0 saturated carbocycles. The van der Waals surface area contributed by atoms with Crippen molar-refractivity contribution in [3.8, 4) is 0 Å². The van der Waals surface area contributed by atoms with Gasteiger partial charge in [0.2, 0.25) is 0 Å². The van der Waals surface area contributed by atoms with Crippen LogP contribution in [0.15, 0.2) is 0 Å². The molecule has 11 heavy (non-hydrogen) atoms. The van der Waals surface area contributed by atoms with Crippen LogP contribution in [0, 0.1) is 0 Å². The second kappa shape index (κ2) is 11.5. The summed E-state index contributed by atoms with van der Waals surface area (Å²) in [6.07, 6.45) is 8.90. The molecule has 0 N–H and O–H groups in total. The van der Waals surface area contributed by atoms with E-state index in [1.807, 2.05) is 0 Å². The average Bonchev–Trinajstić information content (AvgIpc) is 2.03. The first-order chi connectivity index (χ1) is 5.41. The first-order valence-corrected chi connectivity index (χ1v) is 10.3. The van der Waals surface area contributed by atoms with E-state index in [0.717, 1.165) is 0 Å². The fourth-order valence-electron chi connectivity index (χ4n) is 1.38. The van der Waals surface area contributed by atoms with E-state index in [9.17, 15) is 0 Å². The van der Waals surface area contributed by atoms with E-state index in [2.05, 4.69) is 13.8 Å². The Labute approximate surface area is 94.9 Å². The molecule has 0 aromatic carbocycles. The average molecular weight is 230 g/mol. The van der Waals surface area contributed by atoms with Crippen molar-refractivity contribution in [1.82, 2.24) is 0 Å². The van der Waals surface area contributed by atoms with Gasteiger partial charge in [-0.15, -0.1) is 0 Å². The van der Waals surface area contributed by atoms with Gasteiger partial charge in [0.05, 0.1) is 0 Å². The van der Waals surface area contributed by atoms with Crippen molar-refractivity contribution < 1.29 is 0 Å². The van der Waals surface area contributed by atoms with Crippen molar-refractivity contribution in [3.05, 3.63) is 0 Å². The summed E-state index contributed by atoms with van der Waals surface area (Å²) in [7, 11) is 0. The zero-order chi connectivity index (χ0) is 8.36. The molecular formula is C10H22Sr. The Bertz CT molecular complexity index is 53.9. The molecule has 0 aromatic heterocycles. The molecule has 0 amide bonds. The fourth-order valence-corrected chi connectivity index (χ4v) is 5.73. The molecule has 0 heterocycles. The van der Waals surface area contributed by atoms with Crippen LogP contribution in [0.4, 0.5) is 0 Å². The molecule has 64 valence electrons. The molecule has 0 aromatic rings. The van der Waals surface area contributed by atoms with E-state index < -0.39 is 0 Å². The van der Waals surface area contributed by atoms with Crippen molar-refractivity contribution in [2.75, 3.05) is 0 Å². The van der Waals surface area contributed by atoms with Gasteiger partial charge in [-0.1, -0.05) is 0 Å². The summed E-state index contributed by atoms with van der Waals surface area (Å²) in [6, 6.07) is 0. The van der Waals surface area contributed by atoms with Crippen LogP contribution in [0.25, 0.3) is 0 Å². The minimum absolute atomic E-state index is 0.193. The van der Waals surface area contributed by atoms with Crippen LogP contribution >= 0.6 is 0 Å². The Morgan fingerprint density at radius 3 is 1.55 bits per heavy atom. The van der Waals surface area contributed by atoms with Gasteiger partial charge < -0.3 is 0 Å². The van der Waals surface area contributed by atoms with Crippen LogP contribution in [-0.2, 0) is 0 Å². The monoisotopic (exact) mass is 230 g/mol. The van der Waals surface area contributed by atoms with Gasteiger partial charge in [-0.3, -0.25) is 0 Å². The Balaban J connectivity index is 2.69. The summed E-state index contributed by atoms with van der Waals surface area (Å²) >= 11 is -0.193. The molecule has 0 rings (SSSR count). The van der Waals surface area contributed by atoms with Gasteiger partial charge in [0.15, 0.2) is 0 Å². The SMILES string of the molecule is CCCC[CH2][Sr][CH2]CCCC. The minimum atomic E-state index is -0.193. The topological polar surface area (TPSA) is 0 Å². The van der Waals surface area contributed by atoms with Crippen molar-refractivity contribution in [2.45, 2.75) is 55.2 Å². The predicted octanol–water partition coefficient (Wildman–Crippen LogP) is 3.91. The van der Waals surface area contributed by atoms with E-state index >= 15 is 0 Å². The van der Waals surface area contributed by atoms with E-state index in [0.29, 0.717) is 0 Å². The number of unbranched alkanes of at least 4 members (excludes halogenated alkanes) is 4. The van der Waals surface area contributed by atoms with Gasteiger partial charge in [0.25, 0.3) is 0 Å². The zero-order valence-electron chi connectivity index (χ0n) is 8.36. The van der Waals surface area contributed by atoms with Crippen LogP contribution in [0.2, 0.25) is 2.78 Å². The first-order valence-electron chi connectivity index (χ1n) is 5.41. The molecule has 0 nitrogen and oxygen atoms in total. The number of hydrogen-bond acceptors (Lipinski definition) is 0. The molecule has 0 bridgehead atoms. The molecule has 0 saturated heterocycles. The van der Waals surface area contributed by atoms with Gasteiger partial charge in [-0.2, -0.15) is 0 Å². The van der Waals surface area contributed by atoms with Gasteiger partial charge in [-0.25, -0.2) is 0 Å². The quantitative estimate of drug-likeness (QED) is 0.438. The van der Waals surface area contributed by atoms with Gasteiger partial charge in [-0.05, 0) is 0 Å². The zero-order valence-corrected chi connectivity index (χ0v) is 11.8. The second-order valence-corrected chi connectivity index (χ2v) is 8.69. The Morgan fingerprint density at radius 2 is 1.18 bits per heavy atom. The summed E-state index contributed by atoms with van der Waals surface area (Å²) in [5, 5.41) is 0. The third kappa shape index (κ3) is 11.5. The normalized spacial score (nSPS) is 9.64. The molecule has 0 aliphatic heterocycles. The van der Waals surface area contributed by atoms with Crippen molar-refractivity contribution >= 4 is 41.0 Å². The second-order valence-electron chi connectivity index (χ2n) is 3.47. The molecule has 0 aliphatic rings. The third-order valence-corrected chi connectivity index (χ3v) is 7.12. The van der Waals surface area contributed by atoms with E-state index in [4.69, 9.17) is 0 Å². The van der Waals surface area contributed by atoms with Crippen molar-refractivity contribution in [3.63, 3.8) is 0 Å². The predicted molar refractivity (Wildman–Crippen MR) is 54.4 cm³/mol. The van der Waals surface area contributed by atoms with Gasteiger partial charge in [0.1, 0.15) is 0 Å². The van der Waals surface area contributed by atoms with Gasteiger partial charge >= 0.3 is 96.2 Å². The van der Waals surface area contributed by atoms with Gasteiger partial charge in [0, 0.05) is 0 Å². The summed E-state index contributed by atoms with van der Waals surface area (Å²) in [6.45, 7) is 4.60. The molecule has 0 spiro atoms. The third-order valence-electron chi connectivity index (χ3n) is 2.21. The van der Waals surface area contributed by atoms with E-state index in [-0.39, 0.29) is 41.0 Å². The molecular weight excluding hydrogens is 208 g/mol. The molecule has 0 radical (unpaired) electrons. The molecule has 0 fully saturated rings. The Morgan fingerprint density at radius 1 is 0.727 bits per heavy atom. The number of hydrogen-bond donors (Lipinski definition) is 0. The van der Waals surface area contributed by atoms with Crippen LogP contribution in [0.5, 0.6) is 0 Å². The first kappa shape index (κ1) is 12.5. The maximum absolute atomic E-state index is 2.30. The van der Waals surface area contributed by atoms with E-state index in [1.165, 1.54) is 25.7 Å².